The minimum atomic E-state index is -0.461. The highest BCUT2D eigenvalue weighted by molar-refractivity contribution is 5.96. The van der Waals surface area contributed by atoms with E-state index in [0.717, 1.165) is 5.56 Å². The second-order valence-corrected chi connectivity index (χ2v) is 6.98. The van der Waals surface area contributed by atoms with Gasteiger partial charge < -0.3 is 15.4 Å². The van der Waals surface area contributed by atoms with Crippen molar-refractivity contribution in [2.24, 2.45) is 0 Å². The second-order valence-electron chi connectivity index (χ2n) is 6.98. The Bertz CT molecular complexity index is 897. The van der Waals surface area contributed by atoms with Crippen LogP contribution in [0.5, 0.6) is 5.75 Å². The highest BCUT2D eigenvalue weighted by atomic mass is 16.5. The Morgan fingerprint density at radius 2 is 1.45 bits per heavy atom. The molecule has 1 amide bonds. The van der Waals surface area contributed by atoms with Crippen molar-refractivity contribution in [3.05, 3.63) is 96.1 Å². The van der Waals surface area contributed by atoms with Crippen LogP contribution in [0.25, 0.3) is 0 Å². The minimum Gasteiger partial charge on any atom is -0.492 e. The molecule has 0 saturated heterocycles. The SMILES string of the molecule is CCOc1ccccc1NC(=O)[C@@H](NC[C@H](C)c1ccccc1)c1ccccc1. The summed E-state index contributed by atoms with van der Waals surface area (Å²) in [5.74, 6) is 0.849. The molecule has 0 aliphatic carbocycles. The third-order valence-corrected chi connectivity index (χ3v) is 4.84. The summed E-state index contributed by atoms with van der Waals surface area (Å²) in [5, 5.41) is 6.48. The van der Waals surface area contributed by atoms with Crippen LogP contribution < -0.4 is 15.4 Å². The molecule has 3 rings (SSSR count). The van der Waals surface area contributed by atoms with Crippen LogP contribution in [-0.4, -0.2) is 19.1 Å². The molecular weight excluding hydrogens is 360 g/mol. The van der Waals surface area contributed by atoms with E-state index < -0.39 is 6.04 Å². The molecule has 4 nitrogen and oxygen atoms in total. The summed E-state index contributed by atoms with van der Waals surface area (Å²) in [7, 11) is 0. The van der Waals surface area contributed by atoms with Gasteiger partial charge >= 0.3 is 0 Å². The summed E-state index contributed by atoms with van der Waals surface area (Å²) in [5.41, 5.74) is 2.85. The maximum absolute atomic E-state index is 13.2. The Morgan fingerprint density at radius 1 is 0.862 bits per heavy atom. The van der Waals surface area contributed by atoms with Gasteiger partial charge in [0.25, 0.3) is 0 Å². The second kappa shape index (κ2) is 10.4. The normalized spacial score (nSPS) is 12.8. The summed E-state index contributed by atoms with van der Waals surface area (Å²) in [4.78, 5) is 13.2. The first kappa shape index (κ1) is 20.6. The molecule has 0 aliphatic heterocycles. The van der Waals surface area contributed by atoms with E-state index in [9.17, 15) is 4.79 Å². The maximum Gasteiger partial charge on any atom is 0.246 e. The van der Waals surface area contributed by atoms with Crippen molar-refractivity contribution in [3.8, 4) is 5.75 Å². The van der Waals surface area contributed by atoms with Gasteiger partial charge in [0.05, 0.1) is 12.3 Å². The quantitative estimate of drug-likeness (QED) is 0.532. The van der Waals surface area contributed by atoms with Gasteiger partial charge in [-0.05, 0) is 36.1 Å². The fourth-order valence-electron chi connectivity index (χ4n) is 3.26. The monoisotopic (exact) mass is 388 g/mol. The summed E-state index contributed by atoms with van der Waals surface area (Å²) < 4.78 is 5.64. The Morgan fingerprint density at radius 3 is 2.10 bits per heavy atom. The number of benzene rings is 3. The van der Waals surface area contributed by atoms with Crippen molar-refractivity contribution in [2.45, 2.75) is 25.8 Å². The third kappa shape index (κ3) is 5.69. The van der Waals surface area contributed by atoms with E-state index in [0.29, 0.717) is 24.6 Å². The molecule has 4 heteroatoms. The molecule has 3 aromatic carbocycles. The molecule has 0 spiro atoms. The molecule has 150 valence electrons. The number of carbonyl (C=O) groups is 1. The first-order valence-electron chi connectivity index (χ1n) is 10.0. The number of ether oxygens (including phenoxy) is 1. The Kier molecular flexibility index (Phi) is 7.42. The van der Waals surface area contributed by atoms with Gasteiger partial charge in [-0.15, -0.1) is 0 Å². The molecule has 2 atom stereocenters. The molecule has 3 aromatic rings. The summed E-state index contributed by atoms with van der Waals surface area (Å²) in [6.07, 6.45) is 0. The van der Waals surface area contributed by atoms with Gasteiger partial charge in [-0.3, -0.25) is 4.79 Å². The first-order valence-corrected chi connectivity index (χ1v) is 10.0. The molecule has 0 unspecified atom stereocenters. The maximum atomic E-state index is 13.2. The van der Waals surface area contributed by atoms with Crippen molar-refractivity contribution >= 4 is 11.6 Å². The molecular formula is C25H28N2O2. The van der Waals surface area contributed by atoms with E-state index in [4.69, 9.17) is 4.74 Å². The molecule has 0 fully saturated rings. The van der Waals surface area contributed by atoms with Gasteiger partial charge in [-0.1, -0.05) is 79.7 Å². The molecule has 0 bridgehead atoms. The van der Waals surface area contributed by atoms with E-state index in [1.54, 1.807) is 0 Å². The van der Waals surface area contributed by atoms with Crippen molar-refractivity contribution < 1.29 is 9.53 Å². The molecule has 0 heterocycles. The summed E-state index contributed by atoms with van der Waals surface area (Å²) in [6.45, 7) is 5.32. The number of nitrogens with one attached hydrogen (secondary N) is 2. The highest BCUT2D eigenvalue weighted by Gasteiger charge is 2.22. The Hall–Kier alpha value is -3.11. The average Bonchev–Trinajstić information content (AvgIpc) is 2.76. The van der Waals surface area contributed by atoms with Crippen LogP contribution in [0.15, 0.2) is 84.9 Å². The lowest BCUT2D eigenvalue weighted by Crippen LogP contribution is -2.35. The van der Waals surface area contributed by atoms with E-state index in [1.165, 1.54) is 5.56 Å². The number of rotatable bonds is 9. The van der Waals surface area contributed by atoms with Crippen molar-refractivity contribution in [1.29, 1.82) is 0 Å². The number of anilines is 1. The van der Waals surface area contributed by atoms with E-state index >= 15 is 0 Å². The fourth-order valence-corrected chi connectivity index (χ4v) is 3.26. The first-order chi connectivity index (χ1) is 14.2. The number of carbonyl (C=O) groups excluding carboxylic acids is 1. The predicted octanol–water partition coefficient (Wildman–Crippen LogP) is 5.16. The zero-order chi connectivity index (χ0) is 20.5. The van der Waals surface area contributed by atoms with Crippen LogP contribution >= 0.6 is 0 Å². The van der Waals surface area contributed by atoms with Crippen LogP contribution in [0.1, 0.15) is 36.9 Å². The number of para-hydroxylation sites is 2. The Balaban J connectivity index is 1.76. The predicted molar refractivity (Wildman–Crippen MR) is 118 cm³/mol. The topological polar surface area (TPSA) is 50.4 Å². The number of hydrogen-bond acceptors (Lipinski definition) is 3. The standard InChI is InChI=1S/C25H28N2O2/c1-3-29-23-17-11-10-16-22(23)27-25(28)24(21-14-8-5-9-15-21)26-18-19(2)20-12-6-4-7-13-20/h4-17,19,24,26H,3,18H2,1-2H3,(H,27,28)/t19-,24-/m0/s1. The van der Waals surface area contributed by atoms with Gasteiger partial charge in [-0.2, -0.15) is 0 Å². The van der Waals surface area contributed by atoms with Crippen LogP contribution in [0.3, 0.4) is 0 Å². The smallest absolute Gasteiger partial charge is 0.246 e. The molecule has 0 aliphatic rings. The van der Waals surface area contributed by atoms with Crippen LogP contribution in [0.4, 0.5) is 5.69 Å². The molecule has 0 radical (unpaired) electrons. The van der Waals surface area contributed by atoms with E-state index in [-0.39, 0.29) is 11.8 Å². The zero-order valence-electron chi connectivity index (χ0n) is 17.0. The lowest BCUT2D eigenvalue weighted by Gasteiger charge is -2.22. The number of amides is 1. The van der Waals surface area contributed by atoms with Gasteiger partial charge in [0, 0.05) is 6.54 Å². The van der Waals surface area contributed by atoms with Gasteiger partial charge in [0.2, 0.25) is 5.91 Å². The van der Waals surface area contributed by atoms with Gasteiger partial charge in [-0.25, -0.2) is 0 Å². The number of hydrogen-bond donors (Lipinski definition) is 2. The minimum absolute atomic E-state index is 0.108. The van der Waals surface area contributed by atoms with Crippen molar-refractivity contribution in [3.63, 3.8) is 0 Å². The van der Waals surface area contributed by atoms with Crippen LogP contribution in [-0.2, 0) is 4.79 Å². The summed E-state index contributed by atoms with van der Waals surface area (Å²) in [6, 6.07) is 27.2. The molecule has 29 heavy (non-hydrogen) atoms. The lowest BCUT2D eigenvalue weighted by molar-refractivity contribution is -0.118. The van der Waals surface area contributed by atoms with E-state index in [2.05, 4.69) is 29.7 Å². The molecule has 0 aromatic heterocycles. The van der Waals surface area contributed by atoms with Crippen LogP contribution in [0, 0.1) is 0 Å². The average molecular weight is 389 g/mol. The van der Waals surface area contributed by atoms with Crippen LogP contribution in [0.2, 0.25) is 0 Å². The molecule has 2 N–H and O–H groups in total. The zero-order valence-corrected chi connectivity index (χ0v) is 17.0. The fraction of sp³-hybridized carbons (Fsp3) is 0.240. The van der Waals surface area contributed by atoms with E-state index in [1.807, 2.05) is 79.7 Å². The van der Waals surface area contributed by atoms with Crippen molar-refractivity contribution in [2.75, 3.05) is 18.5 Å². The summed E-state index contributed by atoms with van der Waals surface area (Å²) >= 11 is 0. The Labute approximate surface area is 172 Å². The molecule has 0 saturated carbocycles. The van der Waals surface area contributed by atoms with Gasteiger partial charge in [0.15, 0.2) is 0 Å². The highest BCUT2D eigenvalue weighted by Crippen LogP contribution is 2.26. The third-order valence-electron chi connectivity index (χ3n) is 4.84. The van der Waals surface area contributed by atoms with Gasteiger partial charge in [0.1, 0.15) is 11.8 Å². The lowest BCUT2D eigenvalue weighted by atomic mass is 9.99. The van der Waals surface area contributed by atoms with Crippen molar-refractivity contribution in [1.82, 2.24) is 5.32 Å². The largest absolute Gasteiger partial charge is 0.492 e.